The maximum atomic E-state index is 10.9. The van der Waals surface area contributed by atoms with E-state index in [9.17, 15) is 4.79 Å². The van der Waals surface area contributed by atoms with Crippen LogP contribution in [0.2, 0.25) is 0 Å². The van der Waals surface area contributed by atoms with E-state index in [-0.39, 0.29) is 0 Å². The summed E-state index contributed by atoms with van der Waals surface area (Å²) < 4.78 is 5.07. The second-order valence-corrected chi connectivity index (χ2v) is 2.80. The first-order chi connectivity index (χ1) is 6.70. The molecule has 1 aromatic carbocycles. The van der Waals surface area contributed by atoms with Crippen LogP contribution in [0, 0.1) is 0 Å². The van der Waals surface area contributed by atoms with Gasteiger partial charge in [0.1, 0.15) is 11.8 Å². The van der Waals surface area contributed by atoms with E-state index >= 15 is 0 Å². The summed E-state index contributed by atoms with van der Waals surface area (Å²) in [4.78, 5) is 10.9. The fourth-order valence-corrected chi connectivity index (χ4v) is 1.32. The molecule has 0 aromatic heterocycles. The smallest absolute Gasteiger partial charge is 0.325 e. The third-order valence-electron chi connectivity index (χ3n) is 1.99. The van der Waals surface area contributed by atoms with Crippen molar-refractivity contribution in [1.82, 2.24) is 5.32 Å². The molecule has 76 valence electrons. The molecule has 0 saturated heterocycles. The van der Waals surface area contributed by atoms with Gasteiger partial charge in [-0.25, -0.2) is 0 Å². The second-order valence-electron chi connectivity index (χ2n) is 2.80. The van der Waals surface area contributed by atoms with Gasteiger partial charge < -0.3 is 15.2 Å². The molecule has 0 aliphatic carbocycles. The van der Waals surface area contributed by atoms with Crippen molar-refractivity contribution in [2.75, 3.05) is 14.2 Å². The van der Waals surface area contributed by atoms with Crippen LogP contribution in [-0.4, -0.2) is 25.2 Å². The van der Waals surface area contributed by atoms with Crippen LogP contribution in [-0.2, 0) is 4.79 Å². The van der Waals surface area contributed by atoms with Crippen molar-refractivity contribution >= 4 is 5.97 Å². The number of rotatable bonds is 4. The van der Waals surface area contributed by atoms with Crippen molar-refractivity contribution < 1.29 is 14.6 Å². The van der Waals surface area contributed by atoms with Gasteiger partial charge in [0.05, 0.1) is 7.11 Å². The molecule has 0 aliphatic rings. The summed E-state index contributed by atoms with van der Waals surface area (Å²) in [5.41, 5.74) is 0.630. The summed E-state index contributed by atoms with van der Waals surface area (Å²) in [5, 5.41) is 11.6. The predicted octanol–water partition coefficient (Wildman–Crippen LogP) is 1.04. The standard InChI is InChI=1S/C10H13NO3/c1-11-9(10(12)13)7-5-3-4-6-8(7)14-2/h3-6,9,11H,1-2H3,(H,12,13)/t9-/m1/s1. The van der Waals surface area contributed by atoms with E-state index in [1.54, 1.807) is 31.3 Å². The number of para-hydroxylation sites is 1. The molecular weight excluding hydrogens is 182 g/mol. The van der Waals surface area contributed by atoms with Crippen LogP contribution >= 0.6 is 0 Å². The Kier molecular flexibility index (Phi) is 3.48. The van der Waals surface area contributed by atoms with E-state index in [4.69, 9.17) is 9.84 Å². The molecule has 0 unspecified atom stereocenters. The molecule has 0 fully saturated rings. The van der Waals surface area contributed by atoms with Gasteiger partial charge in [-0.05, 0) is 13.1 Å². The molecule has 0 saturated carbocycles. The SMILES string of the molecule is CN[C@@H](C(=O)O)c1ccccc1OC. The van der Waals surface area contributed by atoms with E-state index in [0.717, 1.165) is 0 Å². The zero-order valence-electron chi connectivity index (χ0n) is 8.15. The average Bonchev–Trinajstić information content (AvgIpc) is 2.19. The normalized spacial score (nSPS) is 12.1. The lowest BCUT2D eigenvalue weighted by molar-refractivity contribution is -0.139. The molecule has 0 heterocycles. The third-order valence-corrected chi connectivity index (χ3v) is 1.99. The van der Waals surface area contributed by atoms with Crippen molar-refractivity contribution in [2.24, 2.45) is 0 Å². The number of hydrogen-bond acceptors (Lipinski definition) is 3. The Balaban J connectivity index is 3.08. The molecule has 2 N–H and O–H groups in total. The van der Waals surface area contributed by atoms with Crippen molar-refractivity contribution in [3.05, 3.63) is 29.8 Å². The Morgan fingerprint density at radius 2 is 2.14 bits per heavy atom. The quantitative estimate of drug-likeness (QED) is 0.753. The van der Waals surface area contributed by atoms with Gasteiger partial charge in [0.15, 0.2) is 0 Å². The van der Waals surface area contributed by atoms with Crippen LogP contribution in [0.25, 0.3) is 0 Å². The number of ether oxygens (including phenoxy) is 1. The molecule has 0 amide bonds. The number of carbonyl (C=O) groups is 1. The molecule has 4 heteroatoms. The molecule has 1 rings (SSSR count). The highest BCUT2D eigenvalue weighted by atomic mass is 16.5. The second kappa shape index (κ2) is 4.62. The number of carboxylic acids is 1. The lowest BCUT2D eigenvalue weighted by atomic mass is 10.1. The Hall–Kier alpha value is -1.55. The first-order valence-corrected chi connectivity index (χ1v) is 4.23. The van der Waals surface area contributed by atoms with Gasteiger partial charge in [0.2, 0.25) is 0 Å². The van der Waals surface area contributed by atoms with E-state index in [1.807, 2.05) is 0 Å². The number of nitrogens with one attached hydrogen (secondary N) is 1. The lowest BCUT2D eigenvalue weighted by Crippen LogP contribution is -2.25. The molecule has 14 heavy (non-hydrogen) atoms. The molecule has 1 atom stereocenters. The fraction of sp³-hybridized carbons (Fsp3) is 0.300. The Bertz CT molecular complexity index is 325. The molecule has 1 aromatic rings. The zero-order valence-corrected chi connectivity index (χ0v) is 8.15. The number of aliphatic carboxylic acids is 1. The minimum Gasteiger partial charge on any atom is -0.496 e. The maximum Gasteiger partial charge on any atom is 0.325 e. The minimum absolute atomic E-state index is 0.578. The van der Waals surface area contributed by atoms with E-state index in [0.29, 0.717) is 11.3 Å². The first kappa shape index (κ1) is 10.5. The lowest BCUT2D eigenvalue weighted by Gasteiger charge is -2.14. The van der Waals surface area contributed by atoms with Gasteiger partial charge in [-0.3, -0.25) is 4.79 Å². The van der Waals surface area contributed by atoms with Gasteiger partial charge >= 0.3 is 5.97 Å². The number of carboxylic acid groups (broad SMARTS) is 1. The highest BCUT2D eigenvalue weighted by Gasteiger charge is 2.20. The summed E-state index contributed by atoms with van der Waals surface area (Å²) in [6, 6.07) is 6.32. The van der Waals surface area contributed by atoms with Gasteiger partial charge in [0.25, 0.3) is 0 Å². The Morgan fingerprint density at radius 1 is 1.50 bits per heavy atom. The summed E-state index contributed by atoms with van der Waals surface area (Å²) >= 11 is 0. The molecule has 0 bridgehead atoms. The number of methoxy groups -OCH3 is 1. The van der Waals surface area contributed by atoms with Crippen LogP contribution in [0.15, 0.2) is 24.3 Å². The topological polar surface area (TPSA) is 58.6 Å². The fourth-order valence-electron chi connectivity index (χ4n) is 1.32. The van der Waals surface area contributed by atoms with Crippen molar-refractivity contribution in [2.45, 2.75) is 6.04 Å². The zero-order chi connectivity index (χ0) is 10.6. The van der Waals surface area contributed by atoms with Gasteiger partial charge in [-0.2, -0.15) is 0 Å². The van der Waals surface area contributed by atoms with E-state index < -0.39 is 12.0 Å². The number of hydrogen-bond donors (Lipinski definition) is 2. The minimum atomic E-state index is -0.919. The van der Waals surface area contributed by atoms with Crippen LogP contribution < -0.4 is 10.1 Å². The van der Waals surface area contributed by atoms with Crippen molar-refractivity contribution in [3.8, 4) is 5.75 Å². The molecular formula is C10H13NO3. The predicted molar refractivity (Wildman–Crippen MR) is 52.4 cm³/mol. The summed E-state index contributed by atoms with van der Waals surface area (Å²) in [6.45, 7) is 0. The maximum absolute atomic E-state index is 10.9. The van der Waals surface area contributed by atoms with Gasteiger partial charge in [-0.1, -0.05) is 18.2 Å². The Morgan fingerprint density at radius 3 is 2.64 bits per heavy atom. The summed E-state index contributed by atoms with van der Waals surface area (Å²) in [5.74, 6) is -0.341. The van der Waals surface area contributed by atoms with Crippen LogP contribution in [0.3, 0.4) is 0 Å². The number of likely N-dealkylation sites (N-methyl/N-ethyl adjacent to an activating group) is 1. The molecule has 4 nitrogen and oxygen atoms in total. The van der Waals surface area contributed by atoms with Crippen molar-refractivity contribution in [3.63, 3.8) is 0 Å². The largest absolute Gasteiger partial charge is 0.496 e. The van der Waals surface area contributed by atoms with Crippen LogP contribution in [0.4, 0.5) is 0 Å². The highest BCUT2D eigenvalue weighted by molar-refractivity contribution is 5.76. The summed E-state index contributed by atoms with van der Waals surface area (Å²) in [6.07, 6.45) is 0. The van der Waals surface area contributed by atoms with E-state index in [2.05, 4.69) is 5.32 Å². The first-order valence-electron chi connectivity index (χ1n) is 4.23. The number of benzene rings is 1. The highest BCUT2D eigenvalue weighted by Crippen LogP contribution is 2.24. The molecule has 0 aliphatic heterocycles. The van der Waals surface area contributed by atoms with E-state index in [1.165, 1.54) is 7.11 Å². The van der Waals surface area contributed by atoms with Gasteiger partial charge in [0, 0.05) is 5.56 Å². The Labute approximate surface area is 82.5 Å². The van der Waals surface area contributed by atoms with Gasteiger partial charge in [-0.15, -0.1) is 0 Å². The van der Waals surface area contributed by atoms with Crippen LogP contribution in [0.1, 0.15) is 11.6 Å². The van der Waals surface area contributed by atoms with Crippen molar-refractivity contribution in [1.29, 1.82) is 0 Å². The average molecular weight is 195 g/mol. The molecule has 0 spiro atoms. The third kappa shape index (κ3) is 2.03. The summed E-state index contributed by atoms with van der Waals surface area (Å²) in [7, 11) is 3.12. The van der Waals surface area contributed by atoms with Crippen LogP contribution in [0.5, 0.6) is 5.75 Å². The molecule has 0 radical (unpaired) electrons. The monoisotopic (exact) mass is 195 g/mol.